The molecule has 59 valence electrons. The largest absolute Gasteiger partial charge is 0.235 e. The molecule has 2 rings (SSSR count). The van der Waals surface area contributed by atoms with E-state index in [1.54, 1.807) is 12.3 Å². The molecule has 1 aromatic heterocycles. The number of aliphatic imine (C=N–C) groups is 1. The van der Waals surface area contributed by atoms with Crippen LogP contribution in [0.25, 0.3) is 0 Å². The third-order valence-electron chi connectivity index (χ3n) is 1.58. The van der Waals surface area contributed by atoms with Gasteiger partial charge in [-0.2, -0.15) is 0 Å². The third kappa shape index (κ3) is 1.09. The van der Waals surface area contributed by atoms with Gasteiger partial charge in [-0.3, -0.25) is 0 Å². The van der Waals surface area contributed by atoms with Crippen LogP contribution in [-0.4, -0.2) is 10.8 Å². The van der Waals surface area contributed by atoms with Crippen molar-refractivity contribution in [3.8, 4) is 0 Å². The summed E-state index contributed by atoms with van der Waals surface area (Å²) in [7, 11) is 0. The summed E-state index contributed by atoms with van der Waals surface area (Å²) in [5.74, 6) is 1.51. The summed E-state index contributed by atoms with van der Waals surface area (Å²) in [4.78, 5) is 8.33. The van der Waals surface area contributed by atoms with Crippen LogP contribution in [0.1, 0.15) is 6.42 Å². The zero-order valence-electron chi connectivity index (χ0n) is 6.57. The van der Waals surface area contributed by atoms with E-state index in [0.29, 0.717) is 12.2 Å². The van der Waals surface area contributed by atoms with E-state index in [1.165, 1.54) is 0 Å². The number of fused-ring (bicyclic) bond motifs is 1. The minimum atomic E-state index is 0.705. The Morgan fingerprint density at radius 1 is 1.50 bits per heavy atom. The van der Waals surface area contributed by atoms with E-state index in [-0.39, 0.29) is 0 Å². The highest BCUT2D eigenvalue weighted by Crippen LogP contribution is 2.27. The van der Waals surface area contributed by atoms with Gasteiger partial charge in [0.1, 0.15) is 11.5 Å². The van der Waals surface area contributed by atoms with Crippen LogP contribution >= 0.6 is 0 Å². The molecule has 0 fully saturated rings. The van der Waals surface area contributed by atoms with Gasteiger partial charge in [0, 0.05) is 12.6 Å². The van der Waals surface area contributed by atoms with Gasteiger partial charge >= 0.3 is 0 Å². The molecule has 0 unspecified atom stereocenters. The lowest BCUT2D eigenvalue weighted by molar-refractivity contribution is 1.15. The zero-order chi connectivity index (χ0) is 8.39. The SMILES string of the molecule is C=CCC1=Nc2cccnc2[N]1. The Kier molecular flexibility index (Phi) is 1.63. The molecule has 0 bridgehead atoms. The second kappa shape index (κ2) is 2.77. The first-order chi connectivity index (χ1) is 5.90. The van der Waals surface area contributed by atoms with Crippen LogP contribution in [0, 0.1) is 0 Å². The summed E-state index contributed by atoms with van der Waals surface area (Å²) in [6, 6.07) is 3.76. The number of hydrogen-bond donors (Lipinski definition) is 0. The molecular weight excluding hydrogens is 150 g/mol. The van der Waals surface area contributed by atoms with Crippen LogP contribution in [0.2, 0.25) is 0 Å². The molecule has 0 saturated carbocycles. The molecule has 1 radical (unpaired) electrons. The van der Waals surface area contributed by atoms with Gasteiger partial charge in [-0.25, -0.2) is 15.3 Å². The van der Waals surface area contributed by atoms with Crippen LogP contribution < -0.4 is 5.32 Å². The van der Waals surface area contributed by atoms with Crippen LogP contribution in [0.4, 0.5) is 11.5 Å². The van der Waals surface area contributed by atoms with Crippen LogP contribution in [0.15, 0.2) is 36.0 Å². The van der Waals surface area contributed by atoms with E-state index >= 15 is 0 Å². The molecule has 1 aliphatic heterocycles. The quantitative estimate of drug-likeness (QED) is 0.606. The zero-order valence-corrected chi connectivity index (χ0v) is 6.57. The van der Waals surface area contributed by atoms with E-state index in [2.05, 4.69) is 21.9 Å². The fraction of sp³-hybridized carbons (Fsp3) is 0.111. The van der Waals surface area contributed by atoms with Crippen molar-refractivity contribution in [1.29, 1.82) is 0 Å². The Bertz CT molecular complexity index is 341. The van der Waals surface area contributed by atoms with Gasteiger partial charge in [-0.05, 0) is 12.1 Å². The van der Waals surface area contributed by atoms with E-state index < -0.39 is 0 Å². The van der Waals surface area contributed by atoms with Crippen molar-refractivity contribution < 1.29 is 0 Å². The van der Waals surface area contributed by atoms with E-state index in [1.807, 2.05) is 12.1 Å². The molecule has 3 nitrogen and oxygen atoms in total. The van der Waals surface area contributed by atoms with Gasteiger partial charge in [-0.1, -0.05) is 6.08 Å². The minimum Gasteiger partial charge on any atom is -0.235 e. The van der Waals surface area contributed by atoms with E-state index in [0.717, 1.165) is 11.5 Å². The highest BCUT2D eigenvalue weighted by molar-refractivity contribution is 5.95. The number of aromatic nitrogens is 1. The molecule has 0 N–H and O–H groups in total. The van der Waals surface area contributed by atoms with Gasteiger partial charge in [0.25, 0.3) is 0 Å². The number of pyridine rings is 1. The second-order valence-corrected chi connectivity index (χ2v) is 2.48. The van der Waals surface area contributed by atoms with Gasteiger partial charge in [-0.15, -0.1) is 6.58 Å². The molecule has 0 spiro atoms. The molecule has 3 heteroatoms. The van der Waals surface area contributed by atoms with E-state index in [4.69, 9.17) is 0 Å². The molecule has 2 heterocycles. The number of hydrogen-bond acceptors (Lipinski definition) is 2. The molecule has 0 aliphatic carbocycles. The van der Waals surface area contributed by atoms with Gasteiger partial charge in [0.15, 0.2) is 5.82 Å². The molecule has 1 aromatic rings. The Morgan fingerprint density at radius 2 is 2.42 bits per heavy atom. The lowest BCUT2D eigenvalue weighted by Crippen LogP contribution is -2.04. The summed E-state index contributed by atoms with van der Waals surface area (Å²) in [6.45, 7) is 3.63. The lowest BCUT2D eigenvalue weighted by Gasteiger charge is -1.92. The number of rotatable bonds is 2. The van der Waals surface area contributed by atoms with Crippen molar-refractivity contribution >= 4 is 17.3 Å². The number of amidine groups is 1. The lowest BCUT2D eigenvalue weighted by atomic mass is 10.4. The molecule has 0 amide bonds. The maximum Gasteiger partial charge on any atom is 0.179 e. The maximum atomic E-state index is 4.26. The Labute approximate surface area is 70.9 Å². The first-order valence-electron chi connectivity index (χ1n) is 3.75. The highest BCUT2D eigenvalue weighted by atomic mass is 15.1. The molecule has 12 heavy (non-hydrogen) atoms. The standard InChI is InChI=1S/C9H8N3/c1-2-4-8-11-7-5-3-6-10-9(7)12-8/h2-3,5-6H,1,4H2. The predicted octanol–water partition coefficient (Wildman–Crippen LogP) is 1.94. The summed E-state index contributed by atoms with van der Waals surface area (Å²) in [5.41, 5.74) is 0.856. The summed E-state index contributed by atoms with van der Waals surface area (Å²) < 4.78 is 0. The van der Waals surface area contributed by atoms with Crippen molar-refractivity contribution in [3.63, 3.8) is 0 Å². The molecule has 0 saturated heterocycles. The Hall–Kier alpha value is -1.64. The third-order valence-corrected chi connectivity index (χ3v) is 1.58. The summed E-state index contributed by atoms with van der Waals surface area (Å²) in [6.07, 6.45) is 4.21. The van der Waals surface area contributed by atoms with Gasteiger partial charge < -0.3 is 0 Å². The minimum absolute atomic E-state index is 0.705. The van der Waals surface area contributed by atoms with Crippen molar-refractivity contribution in [2.45, 2.75) is 6.42 Å². The monoisotopic (exact) mass is 158 g/mol. The second-order valence-electron chi connectivity index (χ2n) is 2.48. The van der Waals surface area contributed by atoms with Crippen molar-refractivity contribution in [3.05, 3.63) is 31.0 Å². The molecule has 1 aliphatic rings. The number of nitrogens with zero attached hydrogens (tertiary/aromatic N) is 3. The van der Waals surface area contributed by atoms with Crippen molar-refractivity contribution in [1.82, 2.24) is 10.3 Å². The van der Waals surface area contributed by atoms with Crippen molar-refractivity contribution in [2.75, 3.05) is 0 Å². The first kappa shape index (κ1) is 7.03. The van der Waals surface area contributed by atoms with Gasteiger partial charge in [0.2, 0.25) is 0 Å². The predicted molar refractivity (Wildman–Crippen MR) is 47.9 cm³/mol. The average Bonchev–Trinajstić information content (AvgIpc) is 2.47. The first-order valence-corrected chi connectivity index (χ1v) is 3.75. The Balaban J connectivity index is 2.28. The van der Waals surface area contributed by atoms with Gasteiger partial charge in [0.05, 0.1) is 0 Å². The molecule has 0 aromatic carbocycles. The van der Waals surface area contributed by atoms with Crippen LogP contribution in [-0.2, 0) is 0 Å². The average molecular weight is 158 g/mol. The van der Waals surface area contributed by atoms with Crippen molar-refractivity contribution in [2.24, 2.45) is 4.99 Å². The van der Waals surface area contributed by atoms with Crippen LogP contribution in [0.3, 0.4) is 0 Å². The smallest absolute Gasteiger partial charge is 0.179 e. The summed E-state index contributed by atoms with van der Waals surface area (Å²) in [5, 5.41) is 4.21. The maximum absolute atomic E-state index is 4.26. The molecular formula is C9H8N3. The summed E-state index contributed by atoms with van der Waals surface area (Å²) >= 11 is 0. The topological polar surface area (TPSA) is 39.4 Å². The van der Waals surface area contributed by atoms with E-state index in [9.17, 15) is 0 Å². The normalized spacial score (nSPS) is 13.2. The van der Waals surface area contributed by atoms with Crippen LogP contribution in [0.5, 0.6) is 0 Å². The molecule has 0 atom stereocenters. The fourth-order valence-electron chi connectivity index (χ4n) is 1.07. The highest BCUT2D eigenvalue weighted by Gasteiger charge is 2.14. The fourth-order valence-corrected chi connectivity index (χ4v) is 1.07. The Morgan fingerprint density at radius 3 is 3.17 bits per heavy atom.